The number of methoxy groups -OCH3 is 1. The molecule has 0 bridgehead atoms. The van der Waals surface area contributed by atoms with Gasteiger partial charge in [-0.1, -0.05) is 36.3 Å². The van der Waals surface area contributed by atoms with Crippen molar-refractivity contribution >= 4 is 11.9 Å². The number of allylic oxidation sites excluding steroid dienone is 1. The highest BCUT2D eigenvalue weighted by molar-refractivity contribution is 5.94. The van der Waals surface area contributed by atoms with Gasteiger partial charge in [-0.15, -0.1) is 0 Å². The van der Waals surface area contributed by atoms with E-state index in [4.69, 9.17) is 4.74 Å². The predicted octanol–water partition coefficient (Wildman–Crippen LogP) is 4.14. The summed E-state index contributed by atoms with van der Waals surface area (Å²) in [4.78, 5) is 26.5. The fraction of sp³-hybridized carbons (Fsp3) is 0.524. The van der Waals surface area contributed by atoms with Crippen molar-refractivity contribution in [2.75, 3.05) is 20.2 Å². The van der Waals surface area contributed by atoms with E-state index < -0.39 is 0 Å². The number of benzene rings is 1. The summed E-state index contributed by atoms with van der Waals surface area (Å²) >= 11 is 0. The molecule has 1 aromatic carbocycles. The standard InChI is InChI=1S/C21H29NO3/c1-16-9-11-19(12-10-16)20(23)22(15-17(2)21(24)25-3)14-13-18-7-5-4-6-8-18/h7,9-12,17H,4-6,8,13-15H2,1-3H3. The molecule has 0 N–H and O–H groups in total. The van der Waals surface area contributed by atoms with Crippen LogP contribution in [-0.4, -0.2) is 37.0 Å². The van der Waals surface area contributed by atoms with Crippen LogP contribution >= 0.6 is 0 Å². The van der Waals surface area contributed by atoms with Crippen molar-refractivity contribution in [1.29, 1.82) is 0 Å². The van der Waals surface area contributed by atoms with E-state index in [2.05, 4.69) is 6.08 Å². The van der Waals surface area contributed by atoms with Gasteiger partial charge in [0.1, 0.15) is 0 Å². The number of hydrogen-bond acceptors (Lipinski definition) is 3. The molecular formula is C21H29NO3. The maximum absolute atomic E-state index is 12.9. The molecule has 0 fully saturated rings. The second kappa shape index (κ2) is 9.40. The van der Waals surface area contributed by atoms with Gasteiger partial charge in [0.05, 0.1) is 13.0 Å². The van der Waals surface area contributed by atoms with E-state index in [1.165, 1.54) is 25.5 Å². The SMILES string of the molecule is COC(=O)C(C)CN(CCC1=CCCCC1)C(=O)c1ccc(C)cc1. The number of carbonyl (C=O) groups is 2. The molecule has 25 heavy (non-hydrogen) atoms. The highest BCUT2D eigenvalue weighted by atomic mass is 16.5. The Balaban J connectivity index is 2.09. The summed E-state index contributed by atoms with van der Waals surface area (Å²) in [6.45, 7) is 4.83. The first kappa shape index (κ1) is 19.2. The zero-order chi connectivity index (χ0) is 18.2. The molecule has 0 aromatic heterocycles. The number of carbonyl (C=O) groups excluding carboxylic acids is 2. The largest absolute Gasteiger partial charge is 0.469 e. The molecular weight excluding hydrogens is 314 g/mol. The number of hydrogen-bond donors (Lipinski definition) is 0. The lowest BCUT2D eigenvalue weighted by Gasteiger charge is -2.26. The maximum Gasteiger partial charge on any atom is 0.310 e. The minimum Gasteiger partial charge on any atom is -0.469 e. The summed E-state index contributed by atoms with van der Waals surface area (Å²) in [5.41, 5.74) is 3.22. The Hall–Kier alpha value is -2.10. The Kier molecular flexibility index (Phi) is 7.23. The van der Waals surface area contributed by atoms with Crippen molar-refractivity contribution in [3.05, 3.63) is 47.0 Å². The third kappa shape index (κ3) is 5.73. The summed E-state index contributed by atoms with van der Waals surface area (Å²) in [6.07, 6.45) is 7.94. The van der Waals surface area contributed by atoms with Crippen LogP contribution in [0, 0.1) is 12.8 Å². The molecule has 0 radical (unpaired) electrons. The van der Waals surface area contributed by atoms with Crippen LogP contribution in [-0.2, 0) is 9.53 Å². The maximum atomic E-state index is 12.9. The molecule has 4 nitrogen and oxygen atoms in total. The number of ether oxygens (including phenoxy) is 1. The van der Waals surface area contributed by atoms with E-state index >= 15 is 0 Å². The van der Waals surface area contributed by atoms with Gasteiger partial charge in [0.25, 0.3) is 5.91 Å². The third-order valence-corrected chi connectivity index (χ3v) is 4.77. The molecule has 1 atom stereocenters. The Bertz CT molecular complexity index is 619. The number of rotatable bonds is 7. The molecule has 0 saturated carbocycles. The monoisotopic (exact) mass is 343 g/mol. The summed E-state index contributed by atoms with van der Waals surface area (Å²) < 4.78 is 4.82. The van der Waals surface area contributed by atoms with E-state index in [0.29, 0.717) is 18.7 Å². The zero-order valence-corrected chi connectivity index (χ0v) is 15.6. The van der Waals surface area contributed by atoms with Crippen molar-refractivity contribution in [3.8, 4) is 0 Å². The highest BCUT2D eigenvalue weighted by Gasteiger charge is 2.22. The summed E-state index contributed by atoms with van der Waals surface area (Å²) in [5, 5.41) is 0. The van der Waals surface area contributed by atoms with Crippen molar-refractivity contribution in [2.45, 2.75) is 46.0 Å². The van der Waals surface area contributed by atoms with Gasteiger partial charge in [0.15, 0.2) is 0 Å². The lowest BCUT2D eigenvalue weighted by atomic mass is 9.97. The van der Waals surface area contributed by atoms with Crippen LogP contribution in [0.1, 0.15) is 54.9 Å². The van der Waals surface area contributed by atoms with Gasteiger partial charge in [0.2, 0.25) is 0 Å². The van der Waals surface area contributed by atoms with Crippen molar-refractivity contribution in [2.24, 2.45) is 5.92 Å². The Morgan fingerprint density at radius 3 is 2.52 bits per heavy atom. The predicted molar refractivity (Wildman–Crippen MR) is 99.4 cm³/mol. The Labute approximate surface area is 150 Å². The lowest BCUT2D eigenvalue weighted by molar-refractivity contribution is -0.145. The second-order valence-electron chi connectivity index (χ2n) is 6.90. The molecule has 2 rings (SSSR count). The van der Waals surface area contributed by atoms with E-state index in [0.717, 1.165) is 24.8 Å². The molecule has 0 aliphatic heterocycles. The quantitative estimate of drug-likeness (QED) is 0.552. The molecule has 1 unspecified atom stereocenters. The Morgan fingerprint density at radius 2 is 1.92 bits per heavy atom. The fourth-order valence-corrected chi connectivity index (χ4v) is 3.17. The minimum atomic E-state index is -0.334. The first-order chi connectivity index (χ1) is 12.0. The van der Waals surface area contributed by atoms with E-state index in [1.54, 1.807) is 11.8 Å². The van der Waals surface area contributed by atoms with Gasteiger partial charge < -0.3 is 9.64 Å². The summed E-state index contributed by atoms with van der Waals surface area (Å²) in [6, 6.07) is 7.60. The molecule has 1 aliphatic carbocycles. The van der Waals surface area contributed by atoms with Gasteiger partial charge >= 0.3 is 5.97 Å². The lowest BCUT2D eigenvalue weighted by Crippen LogP contribution is -2.38. The zero-order valence-electron chi connectivity index (χ0n) is 15.6. The molecule has 0 spiro atoms. The van der Waals surface area contributed by atoms with Gasteiger partial charge in [-0.05, 0) is 51.2 Å². The molecule has 1 aromatic rings. The average Bonchev–Trinajstić information content (AvgIpc) is 2.65. The number of amides is 1. The smallest absolute Gasteiger partial charge is 0.310 e. The molecule has 0 saturated heterocycles. The molecule has 1 aliphatic rings. The summed E-state index contributed by atoms with van der Waals surface area (Å²) in [5.74, 6) is -0.634. The van der Waals surface area contributed by atoms with Gasteiger partial charge in [-0.25, -0.2) is 0 Å². The molecule has 1 amide bonds. The fourth-order valence-electron chi connectivity index (χ4n) is 3.17. The number of esters is 1. The van der Waals surface area contributed by atoms with Gasteiger partial charge in [-0.3, -0.25) is 9.59 Å². The highest BCUT2D eigenvalue weighted by Crippen LogP contribution is 2.21. The first-order valence-corrected chi connectivity index (χ1v) is 9.13. The van der Waals surface area contributed by atoms with Crippen LogP contribution in [0.4, 0.5) is 0 Å². The van der Waals surface area contributed by atoms with Crippen LogP contribution in [0.25, 0.3) is 0 Å². The van der Waals surface area contributed by atoms with Crippen LogP contribution in [0.5, 0.6) is 0 Å². The number of nitrogens with zero attached hydrogens (tertiary/aromatic N) is 1. The van der Waals surface area contributed by atoms with Crippen LogP contribution < -0.4 is 0 Å². The van der Waals surface area contributed by atoms with E-state index in [1.807, 2.05) is 31.2 Å². The molecule has 4 heteroatoms. The average molecular weight is 343 g/mol. The van der Waals surface area contributed by atoms with Crippen molar-refractivity contribution in [1.82, 2.24) is 4.90 Å². The van der Waals surface area contributed by atoms with Crippen LogP contribution in [0.2, 0.25) is 0 Å². The van der Waals surface area contributed by atoms with Gasteiger partial charge in [0, 0.05) is 18.7 Å². The third-order valence-electron chi connectivity index (χ3n) is 4.77. The Morgan fingerprint density at radius 1 is 1.20 bits per heavy atom. The van der Waals surface area contributed by atoms with Gasteiger partial charge in [-0.2, -0.15) is 0 Å². The second-order valence-corrected chi connectivity index (χ2v) is 6.90. The minimum absolute atomic E-state index is 0.0211. The van der Waals surface area contributed by atoms with Crippen molar-refractivity contribution < 1.29 is 14.3 Å². The normalized spacial score (nSPS) is 15.2. The van der Waals surface area contributed by atoms with E-state index in [-0.39, 0.29) is 17.8 Å². The summed E-state index contributed by atoms with van der Waals surface area (Å²) in [7, 11) is 1.39. The topological polar surface area (TPSA) is 46.6 Å². The molecule has 136 valence electrons. The van der Waals surface area contributed by atoms with Crippen LogP contribution in [0.3, 0.4) is 0 Å². The number of aryl methyl sites for hydroxylation is 1. The van der Waals surface area contributed by atoms with Crippen molar-refractivity contribution in [3.63, 3.8) is 0 Å². The molecule has 0 heterocycles. The van der Waals surface area contributed by atoms with E-state index in [9.17, 15) is 9.59 Å². The van der Waals surface area contributed by atoms with Crippen LogP contribution in [0.15, 0.2) is 35.9 Å². The first-order valence-electron chi connectivity index (χ1n) is 9.13.